The molecule has 4 rings (SSSR count). The van der Waals surface area contributed by atoms with Gasteiger partial charge in [0.2, 0.25) is 17.6 Å². The van der Waals surface area contributed by atoms with E-state index in [-0.39, 0.29) is 36.2 Å². The van der Waals surface area contributed by atoms with E-state index < -0.39 is 11.2 Å². The van der Waals surface area contributed by atoms with E-state index >= 15 is 0 Å². The molecule has 0 bridgehead atoms. The van der Waals surface area contributed by atoms with Crippen LogP contribution in [0.4, 0.5) is 5.69 Å². The first-order valence-electron chi connectivity index (χ1n) is 11.3. The minimum Gasteiger partial charge on any atom is -0.339 e. The Morgan fingerprint density at radius 1 is 1.06 bits per heavy atom. The summed E-state index contributed by atoms with van der Waals surface area (Å²) in [6, 6.07) is 14.9. The lowest BCUT2D eigenvalue weighted by Crippen LogP contribution is -2.40. The normalized spacial score (nSPS) is 11.0. The maximum Gasteiger partial charge on any atom is 0.351 e. The van der Waals surface area contributed by atoms with Gasteiger partial charge in [0.25, 0.3) is 5.56 Å². The van der Waals surface area contributed by atoms with Crippen molar-refractivity contribution in [2.75, 3.05) is 11.4 Å². The summed E-state index contributed by atoms with van der Waals surface area (Å²) < 4.78 is 7.36. The third-order valence-corrected chi connectivity index (χ3v) is 5.62. The number of nitrogens with zero attached hydrogens (tertiary/aromatic N) is 6. The number of hydrogen-bond acceptors (Lipinski definition) is 7. The van der Waals surface area contributed by atoms with E-state index in [1.54, 1.807) is 17.0 Å². The number of rotatable bonds is 7. The molecule has 2 aromatic carbocycles. The lowest BCUT2D eigenvalue weighted by atomic mass is 10.2. The molecule has 0 aliphatic carbocycles. The summed E-state index contributed by atoms with van der Waals surface area (Å²) in [5.41, 5.74) is 2.07. The fraction of sp³-hybridized carbons (Fsp3) is 0.280. The van der Waals surface area contributed by atoms with Crippen LogP contribution in [0.5, 0.6) is 0 Å². The van der Waals surface area contributed by atoms with Crippen molar-refractivity contribution >= 4 is 11.6 Å². The van der Waals surface area contributed by atoms with Crippen LogP contribution in [-0.2, 0) is 18.3 Å². The first-order valence-corrected chi connectivity index (χ1v) is 11.3. The Labute approximate surface area is 201 Å². The molecular formula is C25H26N6O4. The average Bonchev–Trinajstić information content (AvgIpc) is 3.31. The molecule has 0 atom stereocenters. The summed E-state index contributed by atoms with van der Waals surface area (Å²) in [7, 11) is 1.37. The van der Waals surface area contributed by atoms with Gasteiger partial charge in [-0.05, 0) is 50.6 Å². The summed E-state index contributed by atoms with van der Waals surface area (Å²) in [4.78, 5) is 44.1. The molecule has 35 heavy (non-hydrogen) atoms. The quantitative estimate of drug-likeness (QED) is 0.404. The second-order valence-electron chi connectivity index (χ2n) is 8.23. The highest BCUT2D eigenvalue weighted by molar-refractivity contribution is 5.93. The Hall–Kier alpha value is -4.34. The number of carbonyl (C=O) groups excluding carboxylic acids is 1. The highest BCUT2D eigenvalue weighted by Gasteiger charge is 2.20. The van der Waals surface area contributed by atoms with E-state index in [1.807, 2.05) is 57.2 Å². The summed E-state index contributed by atoms with van der Waals surface area (Å²) in [6.07, 6.45) is 0.351. The minimum atomic E-state index is -0.640. The van der Waals surface area contributed by atoms with Gasteiger partial charge in [0.15, 0.2) is 5.69 Å². The van der Waals surface area contributed by atoms with Crippen LogP contribution in [0.25, 0.3) is 17.2 Å². The van der Waals surface area contributed by atoms with Crippen LogP contribution < -0.4 is 16.1 Å². The Bertz CT molecular complexity index is 1480. The molecule has 180 valence electrons. The molecule has 4 aromatic rings. The van der Waals surface area contributed by atoms with Gasteiger partial charge < -0.3 is 9.42 Å². The molecule has 1 amide bonds. The van der Waals surface area contributed by atoms with Gasteiger partial charge in [0.05, 0.1) is 5.69 Å². The number of amides is 1. The number of anilines is 1. The molecule has 0 spiro atoms. The monoisotopic (exact) mass is 474 g/mol. The van der Waals surface area contributed by atoms with Gasteiger partial charge in [0, 0.05) is 32.1 Å². The van der Waals surface area contributed by atoms with Crippen LogP contribution >= 0.6 is 0 Å². The number of aromatic nitrogens is 5. The zero-order valence-electron chi connectivity index (χ0n) is 20.1. The van der Waals surface area contributed by atoms with E-state index in [1.165, 1.54) is 7.05 Å². The smallest absolute Gasteiger partial charge is 0.339 e. The molecule has 2 heterocycles. The number of benzene rings is 2. The Kier molecular flexibility index (Phi) is 6.72. The summed E-state index contributed by atoms with van der Waals surface area (Å²) in [5.74, 6) is 0.0744. The molecule has 10 nitrogen and oxygen atoms in total. The van der Waals surface area contributed by atoms with E-state index in [0.29, 0.717) is 12.2 Å². The van der Waals surface area contributed by atoms with Crippen molar-refractivity contribution in [2.24, 2.45) is 7.05 Å². The lowest BCUT2D eigenvalue weighted by molar-refractivity contribution is -0.118. The van der Waals surface area contributed by atoms with Crippen LogP contribution in [-0.4, -0.2) is 36.9 Å². The Morgan fingerprint density at radius 3 is 2.49 bits per heavy atom. The molecular weight excluding hydrogens is 448 g/mol. The maximum atomic E-state index is 12.8. The zero-order chi connectivity index (χ0) is 25.1. The van der Waals surface area contributed by atoms with Gasteiger partial charge in [-0.15, -0.1) is 0 Å². The Balaban J connectivity index is 1.56. The summed E-state index contributed by atoms with van der Waals surface area (Å²) >= 11 is 0. The summed E-state index contributed by atoms with van der Waals surface area (Å²) in [6.45, 7) is 6.34. The largest absolute Gasteiger partial charge is 0.351 e. The molecule has 0 aliphatic heterocycles. The molecule has 0 N–H and O–H groups in total. The number of carbonyl (C=O) groups is 1. The molecule has 0 fully saturated rings. The molecule has 0 saturated carbocycles. The minimum absolute atomic E-state index is 0.0417. The van der Waals surface area contributed by atoms with E-state index in [4.69, 9.17) is 4.52 Å². The third kappa shape index (κ3) is 4.96. The average molecular weight is 475 g/mol. The highest BCUT2D eigenvalue weighted by atomic mass is 16.5. The van der Waals surface area contributed by atoms with Gasteiger partial charge in [-0.2, -0.15) is 14.8 Å². The maximum absolute atomic E-state index is 12.8. The first kappa shape index (κ1) is 23.8. The van der Waals surface area contributed by atoms with Crippen molar-refractivity contribution in [3.05, 3.63) is 86.4 Å². The van der Waals surface area contributed by atoms with Crippen LogP contribution in [0.3, 0.4) is 0 Å². The number of hydrogen-bond donors (Lipinski definition) is 0. The third-order valence-electron chi connectivity index (χ3n) is 5.62. The van der Waals surface area contributed by atoms with Crippen molar-refractivity contribution in [2.45, 2.75) is 33.6 Å². The van der Waals surface area contributed by atoms with Crippen LogP contribution in [0.1, 0.15) is 30.4 Å². The van der Waals surface area contributed by atoms with Gasteiger partial charge in [-0.1, -0.05) is 35.0 Å². The molecule has 2 aromatic heterocycles. The molecule has 0 radical (unpaired) electrons. The lowest BCUT2D eigenvalue weighted by Gasteiger charge is -2.21. The summed E-state index contributed by atoms with van der Waals surface area (Å²) in [5, 5.41) is 8.09. The van der Waals surface area contributed by atoms with Gasteiger partial charge in [-0.3, -0.25) is 14.2 Å². The molecule has 0 saturated heterocycles. The number of aryl methyl sites for hydroxylation is 3. The van der Waals surface area contributed by atoms with E-state index in [2.05, 4.69) is 15.2 Å². The fourth-order valence-electron chi connectivity index (χ4n) is 3.67. The fourth-order valence-corrected chi connectivity index (χ4v) is 3.67. The molecule has 10 heteroatoms. The van der Waals surface area contributed by atoms with E-state index in [9.17, 15) is 14.4 Å². The standard InChI is InChI=1S/C25H26N6O4/c1-5-30(19-8-6-7-17(3)15-19)21(32)14-13-20-26-23(28-35-20)22-24(33)29(4)25(34)31(27-22)18-11-9-16(2)10-12-18/h6-12,15H,5,13-14H2,1-4H3. The van der Waals surface area contributed by atoms with Crippen molar-refractivity contribution in [1.82, 2.24) is 24.5 Å². The second kappa shape index (κ2) is 9.88. The predicted octanol–water partition coefficient (Wildman–Crippen LogP) is 2.58. The van der Waals surface area contributed by atoms with Gasteiger partial charge >= 0.3 is 5.69 Å². The first-order chi connectivity index (χ1) is 16.8. The molecule has 0 unspecified atom stereocenters. The van der Waals surface area contributed by atoms with Gasteiger partial charge in [0.1, 0.15) is 0 Å². The van der Waals surface area contributed by atoms with Crippen LogP contribution in [0, 0.1) is 13.8 Å². The van der Waals surface area contributed by atoms with Crippen molar-refractivity contribution in [3.63, 3.8) is 0 Å². The van der Waals surface area contributed by atoms with Crippen LogP contribution in [0.15, 0.2) is 62.6 Å². The molecule has 0 aliphatic rings. The van der Waals surface area contributed by atoms with Crippen molar-refractivity contribution in [3.8, 4) is 17.2 Å². The topological polar surface area (TPSA) is 116 Å². The predicted molar refractivity (Wildman–Crippen MR) is 131 cm³/mol. The highest BCUT2D eigenvalue weighted by Crippen LogP contribution is 2.18. The van der Waals surface area contributed by atoms with Crippen molar-refractivity contribution < 1.29 is 9.32 Å². The second-order valence-corrected chi connectivity index (χ2v) is 8.23. The Morgan fingerprint density at radius 2 is 1.80 bits per heavy atom. The van der Waals surface area contributed by atoms with Gasteiger partial charge in [-0.25, -0.2) is 4.79 Å². The van der Waals surface area contributed by atoms with Crippen LogP contribution in [0.2, 0.25) is 0 Å². The SMILES string of the molecule is CCN(C(=O)CCc1nc(-c2nn(-c3ccc(C)cc3)c(=O)n(C)c2=O)no1)c1cccc(C)c1. The van der Waals surface area contributed by atoms with Crippen molar-refractivity contribution in [1.29, 1.82) is 0 Å². The zero-order valence-corrected chi connectivity index (χ0v) is 20.1. The van der Waals surface area contributed by atoms with E-state index in [0.717, 1.165) is 26.1 Å².